The molecule has 0 radical (unpaired) electrons. The van der Waals surface area contributed by atoms with Crippen LogP contribution in [-0.2, 0) is 17.9 Å². The van der Waals surface area contributed by atoms with Gasteiger partial charge in [-0.3, -0.25) is 4.79 Å². The third-order valence-corrected chi connectivity index (χ3v) is 6.76. The smallest absolute Gasteiger partial charge is 0.317 e. The number of benzene rings is 2. The summed E-state index contributed by atoms with van der Waals surface area (Å²) in [6, 6.07) is 15.8. The van der Waals surface area contributed by atoms with Crippen LogP contribution in [0.1, 0.15) is 41.9 Å². The molecule has 1 aliphatic rings. The highest BCUT2D eigenvalue weighted by Gasteiger charge is 2.21. The topological polar surface area (TPSA) is 65.5 Å². The van der Waals surface area contributed by atoms with Gasteiger partial charge in [-0.1, -0.05) is 36.4 Å². The lowest BCUT2D eigenvalue weighted by atomic mass is 10.1. The van der Waals surface area contributed by atoms with E-state index in [4.69, 9.17) is 0 Å². The van der Waals surface area contributed by atoms with E-state index in [1.54, 1.807) is 23.3 Å². The van der Waals surface area contributed by atoms with Crippen molar-refractivity contribution in [2.24, 2.45) is 0 Å². The second-order valence-corrected chi connectivity index (χ2v) is 8.77. The Morgan fingerprint density at radius 2 is 2.03 bits per heavy atom. The summed E-state index contributed by atoms with van der Waals surface area (Å²) in [6.07, 6.45) is 1.59. The van der Waals surface area contributed by atoms with Crippen LogP contribution >= 0.6 is 11.3 Å². The zero-order valence-electron chi connectivity index (χ0n) is 17.3. The van der Waals surface area contributed by atoms with E-state index in [2.05, 4.69) is 16.4 Å². The minimum absolute atomic E-state index is 0.116. The van der Waals surface area contributed by atoms with Crippen LogP contribution < -0.4 is 5.32 Å². The fourth-order valence-electron chi connectivity index (χ4n) is 3.64. The highest BCUT2D eigenvalue weighted by atomic mass is 32.1. The number of amides is 3. The predicted molar refractivity (Wildman–Crippen MR) is 119 cm³/mol. The van der Waals surface area contributed by atoms with E-state index in [0.717, 1.165) is 39.3 Å². The Kier molecular flexibility index (Phi) is 5.99. The highest BCUT2D eigenvalue weighted by molar-refractivity contribution is 7.18. The zero-order chi connectivity index (χ0) is 21.1. The maximum Gasteiger partial charge on any atom is 0.317 e. The molecule has 0 saturated carbocycles. The molecule has 7 heteroatoms. The van der Waals surface area contributed by atoms with E-state index in [1.165, 1.54) is 0 Å². The average molecular weight is 423 g/mol. The Morgan fingerprint density at radius 1 is 1.23 bits per heavy atom. The third kappa shape index (κ3) is 4.46. The first kappa shape index (κ1) is 20.3. The summed E-state index contributed by atoms with van der Waals surface area (Å²) in [7, 11) is 1.79. The summed E-state index contributed by atoms with van der Waals surface area (Å²) < 4.78 is 1.13. The largest absolute Gasteiger partial charge is 0.338 e. The van der Waals surface area contributed by atoms with Crippen molar-refractivity contribution in [3.8, 4) is 0 Å². The number of rotatable bonds is 6. The molecule has 2 aromatic carbocycles. The summed E-state index contributed by atoms with van der Waals surface area (Å²) in [6.45, 7) is 3.89. The average Bonchev–Trinajstić information content (AvgIpc) is 3.37. The number of nitrogens with one attached hydrogen (secondary N) is 1. The van der Waals surface area contributed by atoms with Crippen molar-refractivity contribution in [2.75, 3.05) is 13.6 Å². The van der Waals surface area contributed by atoms with Crippen LogP contribution in [0.3, 0.4) is 0 Å². The molecule has 30 heavy (non-hydrogen) atoms. The molecular weight excluding hydrogens is 396 g/mol. The Labute approximate surface area is 180 Å². The third-order valence-electron chi connectivity index (χ3n) is 5.55. The van der Waals surface area contributed by atoms with Crippen LogP contribution in [0.4, 0.5) is 4.79 Å². The van der Waals surface area contributed by atoms with Gasteiger partial charge in [-0.15, -0.1) is 11.3 Å². The van der Waals surface area contributed by atoms with Crippen molar-refractivity contribution >= 4 is 33.5 Å². The molecule has 1 aromatic heterocycles. The lowest BCUT2D eigenvalue weighted by Gasteiger charge is -2.23. The van der Waals surface area contributed by atoms with Crippen molar-refractivity contribution in [3.63, 3.8) is 0 Å². The van der Waals surface area contributed by atoms with Gasteiger partial charge in [-0.25, -0.2) is 9.78 Å². The summed E-state index contributed by atoms with van der Waals surface area (Å²) in [5, 5.41) is 3.92. The Balaban J connectivity index is 1.35. The number of hydrogen-bond acceptors (Lipinski definition) is 4. The minimum Gasteiger partial charge on any atom is -0.338 e. The monoisotopic (exact) mass is 422 g/mol. The van der Waals surface area contributed by atoms with Gasteiger partial charge >= 0.3 is 6.03 Å². The van der Waals surface area contributed by atoms with Gasteiger partial charge in [0.25, 0.3) is 0 Å². The lowest BCUT2D eigenvalue weighted by molar-refractivity contribution is -0.128. The summed E-state index contributed by atoms with van der Waals surface area (Å²) in [4.78, 5) is 32.8. The van der Waals surface area contributed by atoms with Crippen molar-refractivity contribution in [3.05, 3.63) is 64.7 Å². The Hall–Kier alpha value is -2.93. The van der Waals surface area contributed by atoms with E-state index in [0.29, 0.717) is 19.5 Å². The maximum absolute atomic E-state index is 12.7. The summed E-state index contributed by atoms with van der Waals surface area (Å²) >= 11 is 1.62. The molecule has 3 amide bonds. The quantitative estimate of drug-likeness (QED) is 0.643. The SMILES string of the molecule is CC(c1nc2ccccc2s1)N(C)C(=O)NCc1cccc(CN2CCCC2=O)c1. The van der Waals surface area contributed by atoms with Crippen LogP contribution in [0.25, 0.3) is 10.2 Å². The number of thiazole rings is 1. The molecule has 6 nitrogen and oxygen atoms in total. The second-order valence-electron chi connectivity index (χ2n) is 7.70. The number of carbonyl (C=O) groups excluding carboxylic acids is 2. The molecule has 156 valence electrons. The first-order chi connectivity index (χ1) is 14.5. The van der Waals surface area contributed by atoms with Crippen molar-refractivity contribution < 1.29 is 9.59 Å². The molecule has 0 aliphatic carbocycles. The van der Waals surface area contributed by atoms with Gasteiger partial charge in [0.2, 0.25) is 5.91 Å². The van der Waals surface area contributed by atoms with Gasteiger partial charge in [0.05, 0.1) is 16.3 Å². The van der Waals surface area contributed by atoms with Crippen LogP contribution in [0.5, 0.6) is 0 Å². The van der Waals surface area contributed by atoms with Crippen molar-refractivity contribution in [1.82, 2.24) is 20.1 Å². The van der Waals surface area contributed by atoms with E-state index in [9.17, 15) is 9.59 Å². The first-order valence-electron chi connectivity index (χ1n) is 10.2. The first-order valence-corrected chi connectivity index (χ1v) is 11.0. The number of hydrogen-bond donors (Lipinski definition) is 1. The van der Waals surface area contributed by atoms with E-state index < -0.39 is 0 Å². The number of urea groups is 1. The number of fused-ring (bicyclic) bond motifs is 1. The maximum atomic E-state index is 12.7. The second kappa shape index (κ2) is 8.83. The number of nitrogens with zero attached hydrogens (tertiary/aromatic N) is 3. The van der Waals surface area contributed by atoms with Gasteiger partial charge in [0.15, 0.2) is 0 Å². The van der Waals surface area contributed by atoms with E-state index in [1.807, 2.05) is 54.3 Å². The molecule has 4 rings (SSSR count). The summed E-state index contributed by atoms with van der Waals surface area (Å²) in [5.41, 5.74) is 3.08. The molecule has 2 heterocycles. The molecule has 0 spiro atoms. The normalized spacial score (nSPS) is 14.9. The number of para-hydroxylation sites is 1. The van der Waals surface area contributed by atoms with Crippen LogP contribution in [0.2, 0.25) is 0 Å². The highest BCUT2D eigenvalue weighted by Crippen LogP contribution is 2.28. The van der Waals surface area contributed by atoms with Gasteiger partial charge in [0, 0.05) is 33.1 Å². The Morgan fingerprint density at radius 3 is 2.80 bits per heavy atom. The van der Waals surface area contributed by atoms with E-state index in [-0.39, 0.29) is 18.0 Å². The van der Waals surface area contributed by atoms with Crippen molar-refractivity contribution in [2.45, 2.75) is 38.9 Å². The number of likely N-dealkylation sites (tertiary alicyclic amines) is 1. The van der Waals surface area contributed by atoms with Crippen LogP contribution in [-0.4, -0.2) is 40.3 Å². The molecular formula is C23H26N4O2S. The molecule has 1 N–H and O–H groups in total. The van der Waals surface area contributed by atoms with Gasteiger partial charge in [-0.2, -0.15) is 0 Å². The molecule has 1 unspecified atom stereocenters. The molecule has 1 fully saturated rings. The molecule has 0 bridgehead atoms. The van der Waals surface area contributed by atoms with Gasteiger partial charge in [-0.05, 0) is 36.6 Å². The van der Waals surface area contributed by atoms with Crippen LogP contribution in [0.15, 0.2) is 48.5 Å². The molecule has 1 saturated heterocycles. The molecule has 1 aliphatic heterocycles. The van der Waals surface area contributed by atoms with Gasteiger partial charge in [0.1, 0.15) is 5.01 Å². The fraction of sp³-hybridized carbons (Fsp3) is 0.348. The van der Waals surface area contributed by atoms with Gasteiger partial charge < -0.3 is 15.1 Å². The Bertz CT molecular complexity index is 1030. The zero-order valence-corrected chi connectivity index (χ0v) is 18.1. The number of carbonyl (C=O) groups is 2. The summed E-state index contributed by atoms with van der Waals surface area (Å²) in [5.74, 6) is 0.221. The lowest BCUT2D eigenvalue weighted by Crippen LogP contribution is -2.38. The van der Waals surface area contributed by atoms with Crippen LogP contribution in [0, 0.1) is 0 Å². The predicted octanol–water partition coefficient (Wildman–Crippen LogP) is 4.32. The standard InChI is InChI=1S/C23H26N4O2S/c1-16(22-25-19-9-3-4-10-20(19)30-22)26(2)23(29)24-14-17-7-5-8-18(13-17)15-27-12-6-11-21(27)28/h3-5,7-10,13,16H,6,11-12,14-15H2,1-2H3,(H,24,29). The van der Waals surface area contributed by atoms with E-state index >= 15 is 0 Å². The molecule has 3 aromatic rings. The minimum atomic E-state index is -0.137. The van der Waals surface area contributed by atoms with Crippen molar-refractivity contribution in [1.29, 1.82) is 0 Å². The fourth-order valence-corrected chi connectivity index (χ4v) is 4.71. The number of aromatic nitrogens is 1. The molecule has 1 atom stereocenters.